The maximum Gasteiger partial charge on any atom is 0.166 e. The molecule has 0 aromatic heterocycles. The minimum atomic E-state index is -0.732. The molecule has 2 atom stereocenters. The molecule has 0 nitrogen and oxygen atoms in total. The smallest absolute Gasteiger partial charge is 0.166 e. The van der Waals surface area contributed by atoms with Gasteiger partial charge in [0, 0.05) is 5.56 Å². The second-order valence-electron chi connectivity index (χ2n) is 11.9. The molecule has 4 rings (SSSR count). The summed E-state index contributed by atoms with van der Waals surface area (Å²) in [6, 6.07) is 11.4. The predicted octanol–water partition coefficient (Wildman–Crippen LogP) is 11.0. The molecule has 2 heteroatoms. The van der Waals surface area contributed by atoms with E-state index in [1.54, 1.807) is 12.1 Å². The molecule has 1 fully saturated rings. The normalized spacial score (nSPS) is 23.8. The second-order valence-corrected chi connectivity index (χ2v) is 11.9. The molecule has 1 saturated carbocycles. The molecule has 2 aliphatic rings. The summed E-state index contributed by atoms with van der Waals surface area (Å²) in [5.74, 6) is 1.86. The number of halogens is 2. The van der Waals surface area contributed by atoms with Gasteiger partial charge in [-0.15, -0.1) is 0 Å². The Balaban J connectivity index is 1.20. The Hall–Kier alpha value is -2.22. The lowest BCUT2D eigenvalue weighted by molar-refractivity contribution is 0.206. The van der Waals surface area contributed by atoms with E-state index in [0.717, 1.165) is 42.6 Å². The Labute approximate surface area is 230 Å². The van der Waals surface area contributed by atoms with Crippen LogP contribution in [0.25, 0.3) is 11.1 Å². The molecule has 0 amide bonds. The molecular weight excluding hydrogens is 470 g/mol. The zero-order chi connectivity index (χ0) is 26.7. The van der Waals surface area contributed by atoms with E-state index in [2.05, 4.69) is 31.2 Å². The van der Waals surface area contributed by atoms with E-state index >= 15 is 0 Å². The average molecular weight is 519 g/mol. The summed E-state index contributed by atoms with van der Waals surface area (Å²) < 4.78 is 29.0. The molecule has 38 heavy (non-hydrogen) atoms. The van der Waals surface area contributed by atoms with Crippen molar-refractivity contribution >= 4 is 0 Å². The summed E-state index contributed by atoms with van der Waals surface area (Å²) in [5, 5.41) is 0. The standard InChI is InChI=1S/C36H48F2/c1-3-5-6-10-27-13-19-30(20-14-27)31-21-15-28(16-22-31)11-7-8-12-29-17-23-32(24-18-29)34-26-25-33(9-4-2)35(37)36(34)38/h7,11,15,17-18,21,23-28,30-31H,3-6,8-10,12-14,16,19-20,22H2,1-2H3. The first kappa shape index (κ1) is 28.8. The quantitative estimate of drug-likeness (QED) is 0.194. The minimum Gasteiger partial charge on any atom is -0.203 e. The highest BCUT2D eigenvalue weighted by Gasteiger charge is 2.27. The Morgan fingerprint density at radius 1 is 0.763 bits per heavy atom. The monoisotopic (exact) mass is 518 g/mol. The van der Waals surface area contributed by atoms with Crippen molar-refractivity contribution in [2.75, 3.05) is 0 Å². The van der Waals surface area contributed by atoms with Crippen molar-refractivity contribution in [3.63, 3.8) is 0 Å². The van der Waals surface area contributed by atoms with Crippen molar-refractivity contribution in [2.45, 2.75) is 104 Å². The lowest BCUT2D eigenvalue weighted by Crippen LogP contribution is -2.23. The number of unbranched alkanes of at least 4 members (excludes halogenated alkanes) is 2. The van der Waals surface area contributed by atoms with Gasteiger partial charge in [-0.1, -0.05) is 119 Å². The molecule has 0 spiro atoms. The van der Waals surface area contributed by atoms with Gasteiger partial charge in [-0.2, -0.15) is 0 Å². The van der Waals surface area contributed by atoms with Crippen LogP contribution in [-0.2, 0) is 12.8 Å². The fraction of sp³-hybridized carbons (Fsp3) is 0.556. The predicted molar refractivity (Wildman–Crippen MR) is 158 cm³/mol. The van der Waals surface area contributed by atoms with Crippen LogP contribution in [0.3, 0.4) is 0 Å². The molecule has 0 aliphatic heterocycles. The zero-order valence-corrected chi connectivity index (χ0v) is 23.7. The number of allylic oxidation sites excluding steroid dienone is 4. The third-order valence-electron chi connectivity index (χ3n) is 9.08. The van der Waals surface area contributed by atoms with Gasteiger partial charge in [0.15, 0.2) is 11.6 Å². The van der Waals surface area contributed by atoms with Crippen molar-refractivity contribution in [3.05, 3.63) is 83.5 Å². The lowest BCUT2D eigenvalue weighted by atomic mass is 9.71. The Morgan fingerprint density at radius 2 is 1.55 bits per heavy atom. The van der Waals surface area contributed by atoms with Crippen molar-refractivity contribution in [1.82, 2.24) is 0 Å². The molecule has 0 N–H and O–H groups in total. The van der Waals surface area contributed by atoms with Crippen LogP contribution in [0.2, 0.25) is 0 Å². The highest BCUT2D eigenvalue weighted by atomic mass is 19.2. The Kier molecular flexibility index (Phi) is 11.2. The van der Waals surface area contributed by atoms with Crippen molar-refractivity contribution in [1.29, 1.82) is 0 Å². The first-order valence-corrected chi connectivity index (χ1v) is 15.5. The van der Waals surface area contributed by atoms with E-state index in [0.29, 0.717) is 23.5 Å². The fourth-order valence-corrected chi connectivity index (χ4v) is 6.65. The van der Waals surface area contributed by atoms with E-state index in [1.807, 2.05) is 31.2 Å². The van der Waals surface area contributed by atoms with Crippen LogP contribution in [0.15, 0.2) is 60.7 Å². The number of aryl methyl sites for hydroxylation is 2. The van der Waals surface area contributed by atoms with Gasteiger partial charge in [0.1, 0.15) is 0 Å². The van der Waals surface area contributed by atoms with E-state index < -0.39 is 11.6 Å². The summed E-state index contributed by atoms with van der Waals surface area (Å²) in [4.78, 5) is 0. The third kappa shape index (κ3) is 7.90. The highest BCUT2D eigenvalue weighted by molar-refractivity contribution is 5.65. The van der Waals surface area contributed by atoms with Crippen LogP contribution in [0.1, 0.15) is 102 Å². The van der Waals surface area contributed by atoms with Gasteiger partial charge in [0.25, 0.3) is 0 Å². The largest absolute Gasteiger partial charge is 0.203 e. The van der Waals surface area contributed by atoms with Crippen LogP contribution in [0.5, 0.6) is 0 Å². The molecule has 2 unspecified atom stereocenters. The number of rotatable bonds is 12. The van der Waals surface area contributed by atoms with Crippen molar-refractivity contribution in [2.24, 2.45) is 23.7 Å². The van der Waals surface area contributed by atoms with Crippen LogP contribution < -0.4 is 0 Å². The second kappa shape index (κ2) is 14.8. The lowest BCUT2D eigenvalue weighted by Gasteiger charge is -2.34. The zero-order valence-electron chi connectivity index (χ0n) is 23.7. The summed E-state index contributed by atoms with van der Waals surface area (Å²) in [6.45, 7) is 4.28. The van der Waals surface area contributed by atoms with Crippen molar-refractivity contribution < 1.29 is 8.78 Å². The maximum atomic E-state index is 14.6. The molecule has 0 radical (unpaired) electrons. The Bertz CT molecular complexity index is 1040. The topological polar surface area (TPSA) is 0 Å². The van der Waals surface area contributed by atoms with Gasteiger partial charge in [0.2, 0.25) is 0 Å². The van der Waals surface area contributed by atoms with Crippen molar-refractivity contribution in [3.8, 4) is 11.1 Å². The molecule has 0 saturated heterocycles. The number of hydrogen-bond acceptors (Lipinski definition) is 0. The molecule has 2 aromatic carbocycles. The van der Waals surface area contributed by atoms with E-state index in [9.17, 15) is 8.78 Å². The van der Waals surface area contributed by atoms with E-state index in [-0.39, 0.29) is 0 Å². The maximum absolute atomic E-state index is 14.6. The van der Waals surface area contributed by atoms with Gasteiger partial charge in [0.05, 0.1) is 0 Å². The number of hydrogen-bond donors (Lipinski definition) is 0. The van der Waals surface area contributed by atoms with Crippen LogP contribution in [-0.4, -0.2) is 0 Å². The van der Waals surface area contributed by atoms with Crippen LogP contribution in [0.4, 0.5) is 8.78 Å². The molecule has 0 bridgehead atoms. The van der Waals surface area contributed by atoms with Crippen LogP contribution in [0, 0.1) is 35.3 Å². The van der Waals surface area contributed by atoms with Gasteiger partial charge in [-0.3, -0.25) is 0 Å². The summed E-state index contributed by atoms with van der Waals surface area (Å²) in [6.07, 6.45) is 27.1. The third-order valence-corrected chi connectivity index (χ3v) is 9.08. The number of benzene rings is 2. The van der Waals surface area contributed by atoms with Crippen LogP contribution >= 0.6 is 0 Å². The highest BCUT2D eigenvalue weighted by Crippen LogP contribution is 2.40. The summed E-state index contributed by atoms with van der Waals surface area (Å²) >= 11 is 0. The SMILES string of the molecule is CCCCCC1CCC(C2C=CC(C=CCCc3ccc(-c4ccc(CCC)c(F)c4F)cc3)CC2)CC1. The Morgan fingerprint density at radius 3 is 2.24 bits per heavy atom. The summed E-state index contributed by atoms with van der Waals surface area (Å²) in [7, 11) is 0. The molecular formula is C36H48F2. The fourth-order valence-electron chi connectivity index (χ4n) is 6.65. The molecule has 2 aliphatic carbocycles. The first-order chi connectivity index (χ1) is 18.6. The van der Waals surface area contributed by atoms with Gasteiger partial charge < -0.3 is 0 Å². The van der Waals surface area contributed by atoms with E-state index in [1.165, 1.54) is 69.8 Å². The van der Waals surface area contributed by atoms with E-state index in [4.69, 9.17) is 0 Å². The summed E-state index contributed by atoms with van der Waals surface area (Å²) in [5.41, 5.74) is 2.76. The molecule has 0 heterocycles. The van der Waals surface area contributed by atoms with Gasteiger partial charge >= 0.3 is 0 Å². The minimum absolute atomic E-state index is 0.344. The molecule has 2 aromatic rings. The molecule has 206 valence electrons. The average Bonchev–Trinajstić information content (AvgIpc) is 2.95. The first-order valence-electron chi connectivity index (χ1n) is 15.5. The van der Waals surface area contributed by atoms with Gasteiger partial charge in [-0.05, 0) is 85.3 Å². The van der Waals surface area contributed by atoms with Gasteiger partial charge in [-0.25, -0.2) is 8.78 Å².